The molecule has 29 heavy (non-hydrogen) atoms. The van der Waals surface area contributed by atoms with Gasteiger partial charge < -0.3 is 20.9 Å². The van der Waals surface area contributed by atoms with Crippen LogP contribution in [0, 0.1) is 13.8 Å². The Labute approximate surface area is 174 Å². The number of aliphatic imine (C=N–C) groups is 1. The zero-order valence-corrected chi connectivity index (χ0v) is 18.2. The van der Waals surface area contributed by atoms with E-state index in [9.17, 15) is 4.79 Å². The molecule has 2 rings (SSSR count). The minimum Gasteiger partial charge on any atom is -0.357 e. The lowest BCUT2D eigenvalue weighted by molar-refractivity contribution is -0.116. The molecule has 156 valence electrons. The third-order valence-electron chi connectivity index (χ3n) is 4.38. The van der Waals surface area contributed by atoms with Crippen molar-refractivity contribution in [2.75, 3.05) is 32.5 Å². The van der Waals surface area contributed by atoms with E-state index in [0.29, 0.717) is 13.1 Å². The van der Waals surface area contributed by atoms with Crippen LogP contribution in [0.15, 0.2) is 47.5 Å². The Morgan fingerprint density at radius 3 is 2.55 bits per heavy atom. The zero-order valence-electron chi connectivity index (χ0n) is 18.2. The van der Waals surface area contributed by atoms with Crippen molar-refractivity contribution < 1.29 is 4.79 Å². The molecule has 0 fully saturated rings. The van der Waals surface area contributed by atoms with Crippen molar-refractivity contribution >= 4 is 17.6 Å². The van der Waals surface area contributed by atoms with Gasteiger partial charge in [-0.25, -0.2) is 4.99 Å². The Bertz CT molecular complexity index is 845. The van der Waals surface area contributed by atoms with Crippen LogP contribution < -0.4 is 16.0 Å². The van der Waals surface area contributed by atoms with Crippen LogP contribution in [0.3, 0.4) is 0 Å². The molecule has 6 heteroatoms. The van der Waals surface area contributed by atoms with Crippen LogP contribution in [0.1, 0.15) is 29.2 Å². The topological polar surface area (TPSA) is 68.8 Å². The summed E-state index contributed by atoms with van der Waals surface area (Å²) in [6.45, 7) is 8.68. The van der Waals surface area contributed by atoms with Crippen LogP contribution in [-0.2, 0) is 17.9 Å². The number of hydrogen-bond donors (Lipinski definition) is 3. The maximum Gasteiger partial charge on any atom is 0.238 e. The van der Waals surface area contributed by atoms with E-state index < -0.39 is 0 Å². The number of rotatable bonds is 8. The minimum absolute atomic E-state index is 0.0286. The van der Waals surface area contributed by atoms with E-state index in [1.54, 1.807) is 0 Å². The fraction of sp³-hybridized carbons (Fsp3) is 0.391. The predicted octanol–water partition coefficient (Wildman–Crippen LogP) is 3.06. The number of hydrogen-bond acceptors (Lipinski definition) is 3. The summed E-state index contributed by atoms with van der Waals surface area (Å²) < 4.78 is 0. The van der Waals surface area contributed by atoms with Gasteiger partial charge in [-0.2, -0.15) is 0 Å². The van der Waals surface area contributed by atoms with Crippen LogP contribution in [0.25, 0.3) is 0 Å². The summed E-state index contributed by atoms with van der Waals surface area (Å²) in [6, 6.07) is 14.3. The second-order valence-electron chi connectivity index (χ2n) is 7.46. The van der Waals surface area contributed by atoms with Crippen molar-refractivity contribution in [1.82, 2.24) is 15.5 Å². The molecule has 0 unspecified atom stereocenters. The molecule has 0 aliphatic rings. The summed E-state index contributed by atoms with van der Waals surface area (Å²) in [5.74, 6) is 0.744. The third kappa shape index (κ3) is 7.95. The normalized spacial score (nSPS) is 11.4. The van der Waals surface area contributed by atoms with Crippen LogP contribution >= 0.6 is 0 Å². The van der Waals surface area contributed by atoms with Gasteiger partial charge in [-0.1, -0.05) is 35.9 Å². The van der Waals surface area contributed by atoms with Gasteiger partial charge in [-0.3, -0.25) is 4.79 Å². The molecule has 2 aromatic rings. The number of carbonyl (C=O) groups is 1. The number of likely N-dealkylation sites (N-methyl/N-ethyl adjacent to an activating group) is 1. The smallest absolute Gasteiger partial charge is 0.238 e. The van der Waals surface area contributed by atoms with Gasteiger partial charge in [0.2, 0.25) is 5.91 Å². The Hall–Kier alpha value is -2.86. The van der Waals surface area contributed by atoms with E-state index in [-0.39, 0.29) is 5.91 Å². The van der Waals surface area contributed by atoms with Gasteiger partial charge >= 0.3 is 0 Å². The molecule has 0 saturated carbocycles. The summed E-state index contributed by atoms with van der Waals surface area (Å²) in [6.07, 6.45) is 0. The van der Waals surface area contributed by atoms with Gasteiger partial charge in [0.1, 0.15) is 0 Å². The van der Waals surface area contributed by atoms with Gasteiger partial charge in [0.05, 0.1) is 13.1 Å². The van der Waals surface area contributed by atoms with Crippen molar-refractivity contribution in [1.29, 1.82) is 0 Å². The number of amides is 1. The van der Waals surface area contributed by atoms with Crippen LogP contribution in [0.2, 0.25) is 0 Å². The SMILES string of the molecule is CCNC(=NCc1cccc(NC(=O)CN(C)C)c1)NCc1ccc(C)cc1C. The van der Waals surface area contributed by atoms with Crippen molar-refractivity contribution in [2.45, 2.75) is 33.9 Å². The largest absolute Gasteiger partial charge is 0.357 e. The zero-order chi connectivity index (χ0) is 21.2. The lowest BCUT2D eigenvalue weighted by atomic mass is 10.1. The van der Waals surface area contributed by atoms with Gasteiger partial charge in [-0.15, -0.1) is 0 Å². The molecule has 0 radical (unpaired) electrons. The summed E-state index contributed by atoms with van der Waals surface area (Å²) in [7, 11) is 3.75. The highest BCUT2D eigenvalue weighted by Crippen LogP contribution is 2.12. The van der Waals surface area contributed by atoms with Crippen LogP contribution in [0.5, 0.6) is 0 Å². The van der Waals surface area contributed by atoms with Crippen LogP contribution in [-0.4, -0.2) is 44.0 Å². The molecular weight excluding hydrogens is 362 g/mol. The van der Waals surface area contributed by atoms with Crippen molar-refractivity contribution in [3.05, 3.63) is 64.7 Å². The number of guanidine groups is 1. The van der Waals surface area contributed by atoms with E-state index in [2.05, 4.69) is 59.9 Å². The summed E-state index contributed by atoms with van der Waals surface area (Å²) in [5, 5.41) is 9.61. The van der Waals surface area contributed by atoms with Gasteiger partial charge in [0.15, 0.2) is 5.96 Å². The molecule has 0 atom stereocenters. The number of aryl methyl sites for hydroxylation is 2. The van der Waals surface area contributed by atoms with Crippen molar-refractivity contribution in [3.63, 3.8) is 0 Å². The first-order valence-electron chi connectivity index (χ1n) is 9.99. The lowest BCUT2D eigenvalue weighted by Crippen LogP contribution is -2.36. The highest BCUT2D eigenvalue weighted by atomic mass is 16.2. The molecule has 0 saturated heterocycles. The standard InChI is InChI=1S/C23H33N5O/c1-6-24-23(26-15-20-11-10-17(2)12-18(20)3)25-14-19-8-7-9-21(13-19)27-22(29)16-28(4)5/h7-13H,6,14-16H2,1-5H3,(H,27,29)(H2,24,25,26). The third-order valence-corrected chi connectivity index (χ3v) is 4.38. The Morgan fingerprint density at radius 1 is 1.07 bits per heavy atom. The van der Waals surface area contributed by atoms with Gasteiger partial charge in [-0.05, 0) is 63.7 Å². The molecule has 0 bridgehead atoms. The molecular formula is C23H33N5O. The summed E-state index contributed by atoms with van der Waals surface area (Å²) in [4.78, 5) is 18.5. The first kappa shape index (κ1) is 22.4. The van der Waals surface area contributed by atoms with E-state index in [4.69, 9.17) is 0 Å². The molecule has 0 aliphatic carbocycles. The minimum atomic E-state index is -0.0286. The highest BCUT2D eigenvalue weighted by molar-refractivity contribution is 5.92. The first-order chi connectivity index (χ1) is 13.9. The summed E-state index contributed by atoms with van der Waals surface area (Å²) in [5.41, 5.74) is 5.62. The van der Waals surface area contributed by atoms with Crippen molar-refractivity contribution in [3.8, 4) is 0 Å². The fourth-order valence-corrected chi connectivity index (χ4v) is 2.97. The van der Waals surface area contributed by atoms with Crippen LogP contribution in [0.4, 0.5) is 5.69 Å². The highest BCUT2D eigenvalue weighted by Gasteiger charge is 2.05. The molecule has 6 nitrogen and oxygen atoms in total. The molecule has 2 aromatic carbocycles. The molecule has 1 amide bonds. The second-order valence-corrected chi connectivity index (χ2v) is 7.46. The Morgan fingerprint density at radius 2 is 1.86 bits per heavy atom. The van der Waals surface area contributed by atoms with Gasteiger partial charge in [0.25, 0.3) is 0 Å². The average molecular weight is 396 g/mol. The second kappa shape index (κ2) is 11.2. The van der Waals surface area contributed by atoms with E-state index >= 15 is 0 Å². The maximum absolute atomic E-state index is 12.0. The summed E-state index contributed by atoms with van der Waals surface area (Å²) >= 11 is 0. The number of nitrogens with zero attached hydrogens (tertiary/aromatic N) is 2. The average Bonchev–Trinajstić information content (AvgIpc) is 2.64. The number of anilines is 1. The first-order valence-corrected chi connectivity index (χ1v) is 9.99. The Balaban J connectivity index is 2.00. The maximum atomic E-state index is 12.0. The molecule has 0 aliphatic heterocycles. The monoisotopic (exact) mass is 395 g/mol. The van der Waals surface area contributed by atoms with E-state index in [1.165, 1.54) is 16.7 Å². The van der Waals surface area contributed by atoms with Gasteiger partial charge in [0, 0.05) is 18.8 Å². The number of benzene rings is 2. The fourth-order valence-electron chi connectivity index (χ4n) is 2.97. The van der Waals surface area contributed by atoms with Crippen molar-refractivity contribution in [2.24, 2.45) is 4.99 Å². The van der Waals surface area contributed by atoms with E-state index in [1.807, 2.05) is 43.3 Å². The lowest BCUT2D eigenvalue weighted by Gasteiger charge is -2.13. The Kier molecular flexibility index (Phi) is 8.68. The number of nitrogens with one attached hydrogen (secondary N) is 3. The molecule has 0 heterocycles. The quantitative estimate of drug-likeness (QED) is 0.475. The number of carbonyl (C=O) groups excluding carboxylic acids is 1. The molecule has 3 N–H and O–H groups in total. The predicted molar refractivity (Wildman–Crippen MR) is 121 cm³/mol. The molecule has 0 aromatic heterocycles. The molecule has 0 spiro atoms. The van der Waals surface area contributed by atoms with E-state index in [0.717, 1.165) is 30.3 Å².